The largest absolute Gasteiger partial charge is 0.469 e. The molecule has 10 heteroatoms. The normalized spacial score (nSPS) is 15.2. The Balaban J connectivity index is 0.00000225. The maximum Gasteiger partial charge on any atom is 0.469 e. The second-order valence-corrected chi connectivity index (χ2v) is 4.04. The maximum atomic E-state index is 10.3. The van der Waals surface area contributed by atoms with Gasteiger partial charge >= 0.3 is 7.82 Å². The van der Waals surface area contributed by atoms with Crippen molar-refractivity contribution in [1.82, 2.24) is 9.97 Å². The Morgan fingerprint density at radius 3 is 2.56 bits per heavy atom. The van der Waals surface area contributed by atoms with Crippen molar-refractivity contribution >= 4 is 7.82 Å². The molecular formula is C6H13N2O7P. The number of aromatic amines is 1. The van der Waals surface area contributed by atoms with Crippen molar-refractivity contribution in [3.63, 3.8) is 0 Å². The average Bonchev–Trinajstić information content (AvgIpc) is 2.64. The highest BCUT2D eigenvalue weighted by molar-refractivity contribution is 7.46. The molecule has 0 fully saturated rings. The van der Waals surface area contributed by atoms with Gasteiger partial charge in [0, 0.05) is 0 Å². The first kappa shape index (κ1) is 15.2. The zero-order valence-corrected chi connectivity index (χ0v) is 8.91. The summed E-state index contributed by atoms with van der Waals surface area (Å²) in [6.07, 6.45) is -0.197. The van der Waals surface area contributed by atoms with Crippen LogP contribution >= 0.6 is 7.82 Å². The molecule has 1 aromatic rings. The van der Waals surface area contributed by atoms with E-state index in [4.69, 9.17) is 9.79 Å². The van der Waals surface area contributed by atoms with Gasteiger partial charge in [-0.15, -0.1) is 0 Å². The van der Waals surface area contributed by atoms with Gasteiger partial charge in [-0.25, -0.2) is 9.55 Å². The van der Waals surface area contributed by atoms with E-state index in [1.807, 2.05) is 0 Å². The smallest absolute Gasteiger partial charge is 0.412 e. The Kier molecular flexibility index (Phi) is 5.76. The van der Waals surface area contributed by atoms with Gasteiger partial charge in [-0.2, -0.15) is 0 Å². The van der Waals surface area contributed by atoms with Crippen molar-refractivity contribution in [2.45, 2.75) is 12.2 Å². The monoisotopic (exact) mass is 256 g/mol. The van der Waals surface area contributed by atoms with E-state index >= 15 is 0 Å². The predicted molar refractivity (Wildman–Crippen MR) is 51.2 cm³/mol. The lowest BCUT2D eigenvalue weighted by molar-refractivity contribution is -0.0168. The number of hydrogen-bond acceptors (Lipinski definition) is 5. The summed E-state index contributed by atoms with van der Waals surface area (Å²) >= 11 is 0. The highest BCUT2D eigenvalue weighted by atomic mass is 31.2. The van der Waals surface area contributed by atoms with Crippen LogP contribution in [0.15, 0.2) is 12.5 Å². The molecule has 0 radical (unpaired) electrons. The van der Waals surface area contributed by atoms with Crippen LogP contribution < -0.4 is 0 Å². The Morgan fingerprint density at radius 1 is 1.50 bits per heavy atom. The van der Waals surface area contributed by atoms with Gasteiger partial charge < -0.3 is 30.5 Å². The molecule has 0 amide bonds. The lowest BCUT2D eigenvalue weighted by atomic mass is 10.2. The summed E-state index contributed by atoms with van der Waals surface area (Å²) in [5.74, 6) is 0. The molecule has 0 aromatic carbocycles. The molecule has 1 heterocycles. The number of hydrogen-bond donors (Lipinski definition) is 5. The second kappa shape index (κ2) is 6.06. The van der Waals surface area contributed by atoms with Crippen LogP contribution in [0.4, 0.5) is 0 Å². The number of rotatable bonds is 5. The molecule has 0 saturated carbocycles. The quantitative estimate of drug-likeness (QED) is 0.383. The number of imidazole rings is 1. The number of phosphoric acid groups is 1. The Morgan fingerprint density at radius 2 is 2.12 bits per heavy atom. The first-order chi connectivity index (χ1) is 6.90. The number of aliphatic hydroxyl groups is 2. The van der Waals surface area contributed by atoms with Crippen LogP contribution in [0.2, 0.25) is 0 Å². The zero-order valence-electron chi connectivity index (χ0n) is 8.02. The fourth-order valence-corrected chi connectivity index (χ4v) is 1.25. The number of H-pyrrole nitrogens is 1. The molecule has 0 bridgehead atoms. The Hall–Kier alpha value is -0.800. The van der Waals surface area contributed by atoms with Gasteiger partial charge in [-0.3, -0.25) is 4.52 Å². The van der Waals surface area contributed by atoms with Gasteiger partial charge in [-0.05, 0) is 0 Å². The molecule has 0 aliphatic carbocycles. The molecule has 0 aliphatic rings. The van der Waals surface area contributed by atoms with Crippen LogP contribution in [0.5, 0.6) is 0 Å². The molecule has 9 nitrogen and oxygen atoms in total. The molecule has 7 N–H and O–H groups in total. The standard InChI is InChI=1S/C6H11N2O6P.H2O/c9-5(2-14-15(11,12)13)6(10)4-1-7-3-8-4;/h1,3,5-6,9-10H,2H2,(H,7,8)(H2,11,12,13);1H2/t5-,6+;/m1./s1. The number of nitrogens with zero attached hydrogens (tertiary/aromatic N) is 1. The third-order valence-electron chi connectivity index (χ3n) is 1.62. The van der Waals surface area contributed by atoms with E-state index in [9.17, 15) is 14.8 Å². The first-order valence-corrected chi connectivity index (χ1v) is 5.47. The zero-order chi connectivity index (χ0) is 11.5. The van der Waals surface area contributed by atoms with Crippen molar-refractivity contribution in [3.05, 3.63) is 18.2 Å². The van der Waals surface area contributed by atoms with Crippen LogP contribution in [0.3, 0.4) is 0 Å². The van der Waals surface area contributed by atoms with Crippen molar-refractivity contribution < 1.29 is 34.6 Å². The van der Waals surface area contributed by atoms with E-state index in [0.717, 1.165) is 0 Å². The predicted octanol–water partition coefficient (Wildman–Crippen LogP) is -1.91. The minimum absolute atomic E-state index is 0. The average molecular weight is 256 g/mol. The van der Waals surface area contributed by atoms with E-state index in [2.05, 4.69) is 14.5 Å². The van der Waals surface area contributed by atoms with Gasteiger partial charge in [-0.1, -0.05) is 0 Å². The van der Waals surface area contributed by atoms with Gasteiger partial charge in [0.15, 0.2) is 0 Å². The summed E-state index contributed by atoms with van der Waals surface area (Å²) in [5, 5.41) is 18.7. The maximum absolute atomic E-state index is 10.3. The van der Waals surface area contributed by atoms with Crippen molar-refractivity contribution in [2.24, 2.45) is 0 Å². The van der Waals surface area contributed by atoms with Crippen molar-refractivity contribution in [1.29, 1.82) is 0 Å². The summed E-state index contributed by atoms with van der Waals surface area (Å²) in [6.45, 7) is -0.676. The minimum atomic E-state index is -4.63. The molecule has 2 atom stereocenters. The summed E-state index contributed by atoms with van der Waals surface area (Å²) in [6, 6.07) is 0. The fraction of sp³-hybridized carbons (Fsp3) is 0.500. The summed E-state index contributed by atoms with van der Waals surface area (Å²) < 4.78 is 14.3. The van der Waals surface area contributed by atoms with Gasteiger partial charge in [0.25, 0.3) is 0 Å². The topological polar surface area (TPSA) is 167 Å². The Bertz CT molecular complexity index is 337. The van der Waals surface area contributed by atoms with Crippen LogP contribution in [0, 0.1) is 0 Å². The minimum Gasteiger partial charge on any atom is -0.412 e. The molecule has 0 saturated heterocycles. The van der Waals surface area contributed by atoms with E-state index in [0.29, 0.717) is 0 Å². The van der Waals surface area contributed by atoms with E-state index in [1.165, 1.54) is 12.5 Å². The molecule has 0 spiro atoms. The molecular weight excluding hydrogens is 243 g/mol. The molecule has 0 unspecified atom stereocenters. The summed E-state index contributed by atoms with van der Waals surface area (Å²) in [5.41, 5.74) is 0.233. The highest BCUT2D eigenvalue weighted by Gasteiger charge is 2.23. The van der Waals surface area contributed by atoms with Crippen LogP contribution in [0.25, 0.3) is 0 Å². The van der Waals surface area contributed by atoms with Gasteiger partial charge in [0.1, 0.15) is 12.2 Å². The van der Waals surface area contributed by atoms with E-state index in [1.54, 1.807) is 0 Å². The second-order valence-electron chi connectivity index (χ2n) is 2.81. The third kappa shape index (κ3) is 4.81. The van der Waals surface area contributed by atoms with Crippen molar-refractivity contribution in [2.75, 3.05) is 6.61 Å². The molecule has 0 aliphatic heterocycles. The molecule has 94 valence electrons. The lowest BCUT2D eigenvalue weighted by Crippen LogP contribution is -2.23. The van der Waals surface area contributed by atoms with Crippen molar-refractivity contribution in [3.8, 4) is 0 Å². The van der Waals surface area contributed by atoms with Crippen LogP contribution in [0.1, 0.15) is 11.8 Å². The summed E-state index contributed by atoms with van der Waals surface area (Å²) in [7, 11) is -4.63. The number of aliphatic hydroxyl groups excluding tert-OH is 2. The number of nitrogens with one attached hydrogen (secondary N) is 1. The van der Waals surface area contributed by atoms with Gasteiger partial charge in [0.05, 0.1) is 24.8 Å². The molecule has 1 rings (SSSR count). The van der Waals surface area contributed by atoms with E-state index in [-0.39, 0.29) is 11.2 Å². The molecule has 1 aromatic heterocycles. The Labute approximate surface area is 90.3 Å². The number of phosphoric ester groups is 1. The fourth-order valence-electron chi connectivity index (χ4n) is 0.900. The lowest BCUT2D eigenvalue weighted by Gasteiger charge is -2.16. The first-order valence-electron chi connectivity index (χ1n) is 3.94. The molecule has 16 heavy (non-hydrogen) atoms. The van der Waals surface area contributed by atoms with Crippen LogP contribution in [-0.2, 0) is 9.09 Å². The summed E-state index contributed by atoms with van der Waals surface area (Å²) in [4.78, 5) is 22.9. The van der Waals surface area contributed by atoms with Gasteiger partial charge in [0.2, 0.25) is 0 Å². The number of aromatic nitrogens is 2. The van der Waals surface area contributed by atoms with E-state index < -0.39 is 26.6 Å². The highest BCUT2D eigenvalue weighted by Crippen LogP contribution is 2.36. The SMILES string of the molecule is O.O=P(O)(O)OC[C@@H](O)[C@@H](O)c1cnc[nH]1. The van der Waals surface area contributed by atoms with Crippen LogP contribution in [-0.4, -0.2) is 48.2 Å². The third-order valence-corrected chi connectivity index (χ3v) is 2.10.